The molecule has 3 atom stereocenters. The molecular formula is C22H27ClF3N5O2. The zero-order chi connectivity index (χ0) is 24.3. The van der Waals surface area contributed by atoms with Crippen LogP contribution in [0.25, 0.3) is 0 Å². The summed E-state index contributed by atoms with van der Waals surface area (Å²) in [6.07, 6.45) is -1.29. The van der Waals surface area contributed by atoms with E-state index in [9.17, 15) is 18.3 Å². The number of ether oxygens (including phenoxy) is 1. The second-order valence-corrected chi connectivity index (χ2v) is 8.56. The van der Waals surface area contributed by atoms with Crippen molar-refractivity contribution in [1.82, 2.24) is 20.2 Å². The molecule has 0 spiro atoms. The van der Waals surface area contributed by atoms with Gasteiger partial charge < -0.3 is 15.3 Å². The number of aryl methyl sites for hydroxylation is 1. The third-order valence-electron chi connectivity index (χ3n) is 5.33. The lowest BCUT2D eigenvalue weighted by Crippen LogP contribution is -2.36. The Morgan fingerprint density at radius 2 is 2.06 bits per heavy atom. The van der Waals surface area contributed by atoms with E-state index in [2.05, 4.69) is 20.6 Å². The number of hydrazone groups is 1. The first-order valence-corrected chi connectivity index (χ1v) is 11.0. The predicted molar refractivity (Wildman–Crippen MR) is 119 cm³/mol. The number of pyridine rings is 1. The molecule has 3 rings (SSSR count). The van der Waals surface area contributed by atoms with Crippen molar-refractivity contribution in [2.45, 2.75) is 51.9 Å². The lowest BCUT2D eigenvalue weighted by molar-refractivity contribution is -0.141. The Bertz CT molecular complexity index is 1050. The number of nitrogens with one attached hydrogen (secondary N) is 1. The van der Waals surface area contributed by atoms with E-state index in [-0.39, 0.29) is 23.2 Å². The summed E-state index contributed by atoms with van der Waals surface area (Å²) in [4.78, 5) is 4.08. The van der Waals surface area contributed by atoms with Crippen LogP contribution in [0.15, 0.2) is 35.1 Å². The van der Waals surface area contributed by atoms with Gasteiger partial charge in [0.25, 0.3) is 0 Å². The van der Waals surface area contributed by atoms with Crippen molar-refractivity contribution < 1.29 is 23.0 Å². The van der Waals surface area contributed by atoms with Gasteiger partial charge in [0.15, 0.2) is 5.69 Å². The minimum atomic E-state index is -4.58. The Hall–Kier alpha value is -2.59. The number of aliphatic hydroxyl groups excluding tert-OH is 1. The SMILES string of the molecule is CCOc1cc(CC(O)CC(C)C2C=C(C)C(c3cn(C)nc3C(F)(F)F)=NN2)cc(Cl)n1. The molecule has 0 fully saturated rings. The van der Waals surface area contributed by atoms with Gasteiger partial charge >= 0.3 is 6.18 Å². The number of allylic oxidation sites excluding steroid dienone is 1. The van der Waals surface area contributed by atoms with Crippen LogP contribution >= 0.6 is 11.6 Å². The minimum absolute atomic E-state index is 0.0418. The third kappa shape index (κ3) is 6.26. The Morgan fingerprint density at radius 3 is 2.70 bits per heavy atom. The zero-order valence-electron chi connectivity index (χ0n) is 18.8. The quantitative estimate of drug-likeness (QED) is 0.549. The van der Waals surface area contributed by atoms with Crippen molar-refractivity contribution in [3.8, 4) is 5.88 Å². The third-order valence-corrected chi connectivity index (χ3v) is 5.53. The molecule has 0 aromatic carbocycles. The Kier molecular flexibility index (Phi) is 7.69. The van der Waals surface area contributed by atoms with Gasteiger partial charge in [-0.25, -0.2) is 4.98 Å². The molecule has 0 saturated heterocycles. The van der Waals surface area contributed by atoms with Crippen LogP contribution in [0, 0.1) is 5.92 Å². The van der Waals surface area contributed by atoms with Crippen LogP contribution in [0.3, 0.4) is 0 Å². The average molecular weight is 486 g/mol. The van der Waals surface area contributed by atoms with Gasteiger partial charge in [-0.15, -0.1) is 0 Å². The first-order chi connectivity index (χ1) is 15.5. The molecule has 0 bridgehead atoms. The van der Waals surface area contributed by atoms with E-state index in [1.807, 2.05) is 19.9 Å². The van der Waals surface area contributed by atoms with Gasteiger partial charge in [0.1, 0.15) is 5.15 Å². The Labute approximate surface area is 195 Å². The van der Waals surface area contributed by atoms with E-state index >= 15 is 0 Å². The van der Waals surface area contributed by atoms with E-state index in [0.717, 1.165) is 10.2 Å². The van der Waals surface area contributed by atoms with E-state index in [1.165, 1.54) is 13.2 Å². The standard InChI is InChI=1S/C22H27ClF3N5O2/c1-5-33-19-10-14(9-18(23)27-19)8-15(32)6-12(2)17-7-13(3)20(29-28-17)16-11-31(4)30-21(16)22(24,25)26/h7,9-12,15,17,28,32H,5-6,8H2,1-4H3. The van der Waals surface area contributed by atoms with Crippen molar-refractivity contribution in [3.05, 3.63) is 52.0 Å². The lowest BCUT2D eigenvalue weighted by atomic mass is 9.90. The molecule has 0 saturated carbocycles. The molecule has 7 nitrogen and oxygen atoms in total. The molecule has 180 valence electrons. The van der Waals surface area contributed by atoms with Crippen molar-refractivity contribution in [3.63, 3.8) is 0 Å². The number of aliphatic hydroxyl groups is 1. The topological polar surface area (TPSA) is 84.6 Å². The molecular weight excluding hydrogens is 459 g/mol. The molecule has 0 amide bonds. The second kappa shape index (κ2) is 10.1. The van der Waals surface area contributed by atoms with Gasteiger partial charge in [0.05, 0.1) is 30.0 Å². The zero-order valence-corrected chi connectivity index (χ0v) is 19.6. The number of halogens is 4. The fourth-order valence-electron chi connectivity index (χ4n) is 3.84. The van der Waals surface area contributed by atoms with Crippen LogP contribution in [-0.4, -0.2) is 44.3 Å². The summed E-state index contributed by atoms with van der Waals surface area (Å²) >= 11 is 6.04. The van der Waals surface area contributed by atoms with Crippen molar-refractivity contribution in [2.24, 2.45) is 18.1 Å². The summed E-state index contributed by atoms with van der Waals surface area (Å²) in [6.45, 7) is 5.97. The monoisotopic (exact) mass is 485 g/mol. The number of rotatable bonds is 8. The summed E-state index contributed by atoms with van der Waals surface area (Å²) in [5.41, 5.74) is 3.51. The molecule has 1 aliphatic rings. The Balaban J connectivity index is 1.66. The van der Waals surface area contributed by atoms with Crippen LogP contribution in [-0.2, 0) is 19.6 Å². The van der Waals surface area contributed by atoms with Crippen molar-refractivity contribution in [1.29, 1.82) is 0 Å². The maximum Gasteiger partial charge on any atom is 0.435 e. The van der Waals surface area contributed by atoms with Crippen LogP contribution in [0.2, 0.25) is 5.15 Å². The minimum Gasteiger partial charge on any atom is -0.478 e. The smallest absolute Gasteiger partial charge is 0.435 e. The molecule has 3 heterocycles. The highest BCUT2D eigenvalue weighted by atomic mass is 35.5. The van der Waals surface area contributed by atoms with E-state index in [4.69, 9.17) is 16.3 Å². The number of hydrogen-bond donors (Lipinski definition) is 2. The Morgan fingerprint density at radius 1 is 1.33 bits per heavy atom. The number of nitrogens with zero attached hydrogens (tertiary/aromatic N) is 4. The number of aromatic nitrogens is 3. The average Bonchev–Trinajstić information content (AvgIpc) is 3.09. The van der Waals surface area contributed by atoms with Gasteiger partial charge in [-0.1, -0.05) is 24.6 Å². The summed E-state index contributed by atoms with van der Waals surface area (Å²) < 4.78 is 46.6. The summed E-state index contributed by atoms with van der Waals surface area (Å²) in [7, 11) is 1.44. The molecule has 2 aromatic rings. The number of hydrogen-bond acceptors (Lipinski definition) is 6. The molecule has 0 radical (unpaired) electrons. The fourth-order valence-corrected chi connectivity index (χ4v) is 4.07. The van der Waals surface area contributed by atoms with Gasteiger partial charge in [-0.2, -0.15) is 23.4 Å². The van der Waals surface area contributed by atoms with Crippen molar-refractivity contribution >= 4 is 17.3 Å². The van der Waals surface area contributed by atoms with Gasteiger partial charge in [0.2, 0.25) is 5.88 Å². The van der Waals surface area contributed by atoms with E-state index < -0.39 is 18.0 Å². The summed E-state index contributed by atoms with van der Waals surface area (Å²) in [5, 5.41) is 18.7. The normalized spacial score (nSPS) is 18.3. The molecule has 1 aliphatic heterocycles. The van der Waals surface area contributed by atoms with Crippen molar-refractivity contribution in [2.75, 3.05) is 6.61 Å². The highest BCUT2D eigenvalue weighted by Gasteiger charge is 2.39. The maximum absolute atomic E-state index is 13.3. The largest absolute Gasteiger partial charge is 0.478 e. The molecule has 11 heteroatoms. The van der Waals surface area contributed by atoms with E-state index in [0.29, 0.717) is 36.1 Å². The predicted octanol–water partition coefficient (Wildman–Crippen LogP) is 4.14. The van der Waals surface area contributed by atoms with Crippen LogP contribution in [0.4, 0.5) is 13.2 Å². The van der Waals surface area contributed by atoms with E-state index in [1.54, 1.807) is 19.1 Å². The van der Waals surface area contributed by atoms with Gasteiger partial charge in [-0.05, 0) is 49.8 Å². The highest BCUT2D eigenvalue weighted by Crippen LogP contribution is 2.32. The second-order valence-electron chi connectivity index (χ2n) is 8.17. The molecule has 2 N–H and O–H groups in total. The molecule has 33 heavy (non-hydrogen) atoms. The summed E-state index contributed by atoms with van der Waals surface area (Å²) in [5.74, 6) is 0.364. The van der Waals surface area contributed by atoms with Gasteiger partial charge in [0, 0.05) is 19.3 Å². The molecule has 0 aliphatic carbocycles. The van der Waals surface area contributed by atoms with Crippen LogP contribution in [0.1, 0.15) is 44.0 Å². The molecule has 2 aromatic heterocycles. The first kappa shape index (κ1) is 25.0. The van der Waals surface area contributed by atoms with Gasteiger partial charge in [-0.3, -0.25) is 4.68 Å². The fraction of sp³-hybridized carbons (Fsp3) is 0.500. The summed E-state index contributed by atoms with van der Waals surface area (Å²) in [6, 6.07) is 3.19. The van der Waals surface area contributed by atoms with Crippen LogP contribution < -0.4 is 10.2 Å². The lowest BCUT2D eigenvalue weighted by Gasteiger charge is -2.27. The number of alkyl halides is 3. The maximum atomic E-state index is 13.3. The highest BCUT2D eigenvalue weighted by molar-refractivity contribution is 6.29. The van der Waals surface area contributed by atoms with Crippen LogP contribution in [0.5, 0.6) is 5.88 Å². The first-order valence-electron chi connectivity index (χ1n) is 10.6. The molecule has 3 unspecified atom stereocenters.